The second-order valence-corrected chi connectivity index (χ2v) is 3.65. The quantitative estimate of drug-likeness (QED) is 0.651. The van der Waals surface area contributed by atoms with E-state index in [4.69, 9.17) is 16.2 Å². The van der Waals surface area contributed by atoms with Gasteiger partial charge in [0.15, 0.2) is 0 Å². The van der Waals surface area contributed by atoms with Gasteiger partial charge in [0, 0.05) is 13.0 Å². The van der Waals surface area contributed by atoms with Crippen molar-refractivity contribution >= 4 is 5.91 Å². The van der Waals surface area contributed by atoms with Gasteiger partial charge in [0.05, 0.1) is 12.1 Å². The molecule has 0 aromatic heterocycles. The number of carbonyl (C=O) groups excluding carboxylic acids is 1. The summed E-state index contributed by atoms with van der Waals surface area (Å²) < 4.78 is 5.29. The second kappa shape index (κ2) is 4.58. The predicted molar refractivity (Wildman–Crippen MR) is 49.9 cm³/mol. The summed E-state index contributed by atoms with van der Waals surface area (Å²) >= 11 is 0. The molecule has 0 spiro atoms. The van der Waals surface area contributed by atoms with Crippen LogP contribution in [-0.2, 0) is 9.53 Å². The maximum atomic E-state index is 10.9. The summed E-state index contributed by atoms with van der Waals surface area (Å²) in [6.45, 7) is 0. The summed E-state index contributed by atoms with van der Waals surface area (Å²) in [4.78, 5) is 10.9. The molecule has 1 rings (SSSR count). The lowest BCUT2D eigenvalue weighted by Gasteiger charge is -2.32. The zero-order chi connectivity index (χ0) is 9.84. The number of hydrogen-bond donors (Lipinski definition) is 2. The van der Waals surface area contributed by atoms with Crippen molar-refractivity contribution in [1.82, 2.24) is 0 Å². The minimum Gasteiger partial charge on any atom is -0.381 e. The molecule has 13 heavy (non-hydrogen) atoms. The fourth-order valence-electron chi connectivity index (χ4n) is 2.04. The van der Waals surface area contributed by atoms with Gasteiger partial charge in [0.1, 0.15) is 0 Å². The van der Waals surface area contributed by atoms with Crippen molar-refractivity contribution in [3.63, 3.8) is 0 Å². The van der Waals surface area contributed by atoms with E-state index in [0.29, 0.717) is 0 Å². The van der Waals surface area contributed by atoms with Gasteiger partial charge in [-0.1, -0.05) is 12.8 Å². The molecule has 1 aliphatic rings. The van der Waals surface area contributed by atoms with E-state index in [1.807, 2.05) is 0 Å². The molecule has 0 bridgehead atoms. The number of carbonyl (C=O) groups is 1. The Bertz CT molecular complexity index is 184. The fraction of sp³-hybridized carbons (Fsp3) is 0.889. The molecule has 0 heterocycles. The van der Waals surface area contributed by atoms with Crippen LogP contribution >= 0.6 is 0 Å². The van der Waals surface area contributed by atoms with Gasteiger partial charge in [-0.2, -0.15) is 0 Å². The Morgan fingerprint density at radius 3 is 2.62 bits per heavy atom. The predicted octanol–water partition coefficient (Wildman–Crippen LogP) is 0.00420. The van der Waals surface area contributed by atoms with Crippen molar-refractivity contribution in [2.24, 2.45) is 17.4 Å². The van der Waals surface area contributed by atoms with Crippen molar-refractivity contribution in [3.05, 3.63) is 0 Å². The van der Waals surface area contributed by atoms with Crippen LogP contribution in [0, 0.1) is 5.92 Å². The van der Waals surface area contributed by atoms with E-state index >= 15 is 0 Å². The number of hydrogen-bond acceptors (Lipinski definition) is 3. The van der Waals surface area contributed by atoms with Crippen LogP contribution in [0.1, 0.15) is 25.7 Å². The molecule has 3 unspecified atom stereocenters. The Hall–Kier alpha value is -0.610. The first-order chi connectivity index (χ1) is 6.16. The summed E-state index contributed by atoms with van der Waals surface area (Å²) in [7, 11) is 1.66. The average Bonchev–Trinajstić information content (AvgIpc) is 2.16. The molecule has 1 fully saturated rings. The first-order valence-electron chi connectivity index (χ1n) is 4.74. The van der Waals surface area contributed by atoms with Gasteiger partial charge in [0.25, 0.3) is 0 Å². The fourth-order valence-corrected chi connectivity index (χ4v) is 2.04. The summed E-state index contributed by atoms with van der Waals surface area (Å²) in [5.41, 5.74) is 10.9. The van der Waals surface area contributed by atoms with Crippen LogP contribution in [0.5, 0.6) is 0 Å². The molecular formula is C9H18N2O2. The summed E-state index contributed by atoms with van der Waals surface area (Å²) in [6, 6.07) is -0.551. The topological polar surface area (TPSA) is 78.3 Å². The molecule has 76 valence electrons. The van der Waals surface area contributed by atoms with Gasteiger partial charge in [-0.25, -0.2) is 0 Å². The lowest BCUT2D eigenvalue weighted by Crippen LogP contribution is -2.48. The molecule has 3 atom stereocenters. The zero-order valence-corrected chi connectivity index (χ0v) is 8.03. The highest BCUT2D eigenvalue weighted by Gasteiger charge is 2.32. The molecule has 0 aromatic carbocycles. The van der Waals surface area contributed by atoms with Gasteiger partial charge in [0.2, 0.25) is 5.91 Å². The smallest absolute Gasteiger partial charge is 0.234 e. The van der Waals surface area contributed by atoms with E-state index in [2.05, 4.69) is 0 Å². The van der Waals surface area contributed by atoms with Crippen molar-refractivity contribution < 1.29 is 9.53 Å². The van der Waals surface area contributed by atoms with Gasteiger partial charge >= 0.3 is 0 Å². The van der Waals surface area contributed by atoms with E-state index in [1.165, 1.54) is 0 Å². The van der Waals surface area contributed by atoms with Gasteiger partial charge in [-0.05, 0) is 12.8 Å². The minimum absolute atomic E-state index is 0.108. The maximum absolute atomic E-state index is 10.9. The van der Waals surface area contributed by atoms with Crippen molar-refractivity contribution in [2.45, 2.75) is 37.8 Å². The van der Waals surface area contributed by atoms with Crippen LogP contribution < -0.4 is 11.5 Å². The minimum atomic E-state index is -0.551. The molecule has 0 radical (unpaired) electrons. The van der Waals surface area contributed by atoms with Crippen LogP contribution in [0.25, 0.3) is 0 Å². The summed E-state index contributed by atoms with van der Waals surface area (Å²) in [5.74, 6) is -0.315. The van der Waals surface area contributed by atoms with E-state index in [1.54, 1.807) is 7.11 Å². The van der Waals surface area contributed by atoms with Crippen LogP contribution in [0.3, 0.4) is 0 Å². The summed E-state index contributed by atoms with van der Waals surface area (Å²) in [5, 5.41) is 0. The molecule has 1 amide bonds. The third kappa shape index (κ3) is 2.42. The maximum Gasteiger partial charge on any atom is 0.234 e. The molecule has 4 nitrogen and oxygen atoms in total. The van der Waals surface area contributed by atoms with E-state index in [9.17, 15) is 4.79 Å². The van der Waals surface area contributed by atoms with E-state index in [-0.39, 0.29) is 12.0 Å². The molecule has 4 N–H and O–H groups in total. The lowest BCUT2D eigenvalue weighted by atomic mass is 9.81. The third-order valence-electron chi connectivity index (χ3n) is 2.85. The Balaban J connectivity index is 2.58. The van der Waals surface area contributed by atoms with Crippen LogP contribution in [0.15, 0.2) is 0 Å². The first kappa shape index (κ1) is 10.5. The Labute approximate surface area is 78.6 Å². The molecule has 0 aliphatic heterocycles. The SMILES string of the molecule is COC1CCCCC1C(N)C(N)=O. The van der Waals surface area contributed by atoms with Crippen molar-refractivity contribution in [3.8, 4) is 0 Å². The van der Waals surface area contributed by atoms with Crippen LogP contribution in [-0.4, -0.2) is 25.2 Å². The monoisotopic (exact) mass is 186 g/mol. The van der Waals surface area contributed by atoms with Crippen LogP contribution in [0.2, 0.25) is 0 Å². The number of primary amides is 1. The highest BCUT2D eigenvalue weighted by atomic mass is 16.5. The second-order valence-electron chi connectivity index (χ2n) is 3.65. The Kier molecular flexibility index (Phi) is 3.69. The standard InChI is InChI=1S/C9H18N2O2/c1-13-7-5-3-2-4-6(7)8(10)9(11)12/h6-8H,2-5,10H2,1H3,(H2,11,12). The van der Waals surface area contributed by atoms with Gasteiger partial charge in [-0.15, -0.1) is 0 Å². The molecule has 0 saturated heterocycles. The number of nitrogens with two attached hydrogens (primary N) is 2. The van der Waals surface area contributed by atoms with E-state index < -0.39 is 11.9 Å². The number of amides is 1. The molecule has 0 aromatic rings. The molecule has 1 saturated carbocycles. The Morgan fingerprint density at radius 1 is 1.46 bits per heavy atom. The number of methoxy groups -OCH3 is 1. The molecule has 4 heteroatoms. The van der Waals surface area contributed by atoms with Gasteiger partial charge < -0.3 is 16.2 Å². The van der Waals surface area contributed by atoms with Crippen molar-refractivity contribution in [2.75, 3.05) is 7.11 Å². The first-order valence-corrected chi connectivity index (χ1v) is 4.74. The third-order valence-corrected chi connectivity index (χ3v) is 2.85. The number of rotatable bonds is 3. The summed E-state index contributed by atoms with van der Waals surface area (Å²) in [6.07, 6.45) is 4.31. The average molecular weight is 186 g/mol. The van der Waals surface area contributed by atoms with E-state index in [0.717, 1.165) is 25.7 Å². The van der Waals surface area contributed by atoms with Crippen LogP contribution in [0.4, 0.5) is 0 Å². The Morgan fingerprint density at radius 2 is 2.08 bits per heavy atom. The molecule has 1 aliphatic carbocycles. The zero-order valence-electron chi connectivity index (χ0n) is 8.03. The lowest BCUT2D eigenvalue weighted by molar-refractivity contribution is -0.122. The van der Waals surface area contributed by atoms with Crippen molar-refractivity contribution in [1.29, 1.82) is 0 Å². The number of ether oxygens (including phenoxy) is 1. The largest absolute Gasteiger partial charge is 0.381 e. The highest BCUT2D eigenvalue weighted by Crippen LogP contribution is 2.28. The highest BCUT2D eigenvalue weighted by molar-refractivity contribution is 5.80. The van der Waals surface area contributed by atoms with Gasteiger partial charge in [-0.3, -0.25) is 4.79 Å². The molecular weight excluding hydrogens is 168 g/mol. The normalized spacial score (nSPS) is 31.2.